The smallest absolute Gasteiger partial charge is 0.177 e. The molecule has 6 heteroatoms. The van der Waals surface area contributed by atoms with Crippen LogP contribution in [0.5, 0.6) is 11.5 Å². The Hall–Kier alpha value is -2.37. The second-order valence-corrected chi connectivity index (χ2v) is 4.54. The standard InChI is InChI=1S/C15H19N3O3/c1-4-8-18-14(16-10-17-18)9-11(19)15-12(20-2)6-5-7-13(15)21-3/h5-7,10H,4,8-9H2,1-3H3. The molecule has 2 aromatic rings. The second kappa shape index (κ2) is 6.88. The molecular weight excluding hydrogens is 270 g/mol. The SMILES string of the molecule is CCCn1ncnc1CC(=O)c1c(OC)cccc1OC. The number of carbonyl (C=O) groups excluding carboxylic acids is 1. The van der Waals surface area contributed by atoms with E-state index in [1.165, 1.54) is 20.5 Å². The molecule has 0 spiro atoms. The third-order valence-corrected chi connectivity index (χ3v) is 3.16. The molecule has 0 atom stereocenters. The number of methoxy groups -OCH3 is 2. The Balaban J connectivity index is 2.30. The lowest BCUT2D eigenvalue weighted by Crippen LogP contribution is -2.13. The molecule has 0 saturated heterocycles. The van der Waals surface area contributed by atoms with E-state index in [1.807, 2.05) is 0 Å². The molecule has 1 heterocycles. The van der Waals surface area contributed by atoms with Gasteiger partial charge >= 0.3 is 0 Å². The summed E-state index contributed by atoms with van der Waals surface area (Å²) in [6.07, 6.45) is 2.57. The van der Waals surface area contributed by atoms with Gasteiger partial charge in [0, 0.05) is 6.54 Å². The third kappa shape index (κ3) is 3.21. The molecule has 0 N–H and O–H groups in total. The van der Waals surface area contributed by atoms with Crippen LogP contribution in [0.1, 0.15) is 29.5 Å². The summed E-state index contributed by atoms with van der Waals surface area (Å²) in [5.74, 6) is 1.55. The Kier molecular flexibility index (Phi) is 4.92. The van der Waals surface area contributed by atoms with Crippen molar-refractivity contribution in [1.82, 2.24) is 14.8 Å². The van der Waals surface area contributed by atoms with Crippen molar-refractivity contribution in [3.63, 3.8) is 0 Å². The molecule has 1 aromatic heterocycles. The molecule has 0 bridgehead atoms. The molecule has 0 unspecified atom stereocenters. The van der Waals surface area contributed by atoms with Crippen LogP contribution in [0.4, 0.5) is 0 Å². The van der Waals surface area contributed by atoms with Gasteiger partial charge in [-0.25, -0.2) is 9.67 Å². The lowest BCUT2D eigenvalue weighted by molar-refractivity contribution is 0.0983. The molecule has 21 heavy (non-hydrogen) atoms. The molecule has 6 nitrogen and oxygen atoms in total. The van der Waals surface area contributed by atoms with Crippen LogP contribution >= 0.6 is 0 Å². The Morgan fingerprint density at radius 3 is 2.48 bits per heavy atom. The zero-order chi connectivity index (χ0) is 15.2. The molecular formula is C15H19N3O3. The molecule has 0 amide bonds. The van der Waals surface area contributed by atoms with E-state index in [9.17, 15) is 4.79 Å². The normalized spacial score (nSPS) is 10.4. The Morgan fingerprint density at radius 2 is 1.90 bits per heavy atom. The maximum absolute atomic E-state index is 12.6. The van der Waals surface area contributed by atoms with Crippen molar-refractivity contribution >= 4 is 5.78 Å². The van der Waals surface area contributed by atoms with Crippen molar-refractivity contribution in [3.05, 3.63) is 35.9 Å². The highest BCUT2D eigenvalue weighted by atomic mass is 16.5. The van der Waals surface area contributed by atoms with Crippen molar-refractivity contribution in [2.45, 2.75) is 26.3 Å². The fourth-order valence-electron chi connectivity index (χ4n) is 2.18. The molecule has 0 radical (unpaired) electrons. The van der Waals surface area contributed by atoms with Crippen molar-refractivity contribution < 1.29 is 14.3 Å². The van der Waals surface area contributed by atoms with E-state index >= 15 is 0 Å². The number of hydrogen-bond donors (Lipinski definition) is 0. The zero-order valence-corrected chi connectivity index (χ0v) is 12.5. The van der Waals surface area contributed by atoms with Gasteiger partial charge in [-0.2, -0.15) is 5.10 Å². The van der Waals surface area contributed by atoms with Gasteiger partial charge in [0.15, 0.2) is 5.78 Å². The summed E-state index contributed by atoms with van der Waals surface area (Å²) in [6, 6.07) is 5.27. The first-order valence-corrected chi connectivity index (χ1v) is 6.82. The van der Waals surface area contributed by atoms with Gasteiger partial charge in [-0.1, -0.05) is 13.0 Å². The Morgan fingerprint density at radius 1 is 1.24 bits per heavy atom. The van der Waals surface area contributed by atoms with E-state index in [0.717, 1.165) is 13.0 Å². The van der Waals surface area contributed by atoms with Crippen LogP contribution in [0.25, 0.3) is 0 Å². The number of aromatic nitrogens is 3. The van der Waals surface area contributed by atoms with Crippen LogP contribution in [0.3, 0.4) is 0 Å². The predicted molar refractivity (Wildman–Crippen MR) is 77.9 cm³/mol. The minimum absolute atomic E-state index is 0.102. The van der Waals surface area contributed by atoms with Gasteiger partial charge < -0.3 is 9.47 Å². The number of rotatable bonds is 7. The van der Waals surface area contributed by atoms with Crippen LogP contribution in [0, 0.1) is 0 Å². The molecule has 0 saturated carbocycles. The van der Waals surface area contributed by atoms with Crippen LogP contribution in [-0.4, -0.2) is 34.8 Å². The number of benzene rings is 1. The van der Waals surface area contributed by atoms with Crippen molar-refractivity contribution in [1.29, 1.82) is 0 Å². The number of ether oxygens (including phenoxy) is 2. The molecule has 0 aliphatic heterocycles. The van der Waals surface area contributed by atoms with E-state index < -0.39 is 0 Å². The van der Waals surface area contributed by atoms with E-state index in [-0.39, 0.29) is 12.2 Å². The van der Waals surface area contributed by atoms with E-state index in [2.05, 4.69) is 17.0 Å². The molecule has 2 rings (SSSR count). The maximum atomic E-state index is 12.6. The lowest BCUT2D eigenvalue weighted by atomic mass is 10.1. The number of nitrogens with zero attached hydrogens (tertiary/aromatic N) is 3. The number of ketones is 1. The molecule has 0 aliphatic rings. The largest absolute Gasteiger partial charge is 0.496 e. The first-order valence-electron chi connectivity index (χ1n) is 6.82. The summed E-state index contributed by atoms with van der Waals surface area (Å²) < 4.78 is 12.3. The zero-order valence-electron chi connectivity index (χ0n) is 12.5. The summed E-state index contributed by atoms with van der Waals surface area (Å²) in [5.41, 5.74) is 0.438. The summed E-state index contributed by atoms with van der Waals surface area (Å²) in [4.78, 5) is 16.7. The quantitative estimate of drug-likeness (QED) is 0.730. The molecule has 0 aliphatic carbocycles. The van der Waals surface area contributed by atoms with Crippen LogP contribution in [0.2, 0.25) is 0 Å². The topological polar surface area (TPSA) is 66.2 Å². The molecule has 1 aromatic carbocycles. The number of Topliss-reactive ketones (excluding diaryl/α,β-unsaturated/α-hetero) is 1. The maximum Gasteiger partial charge on any atom is 0.177 e. The summed E-state index contributed by atoms with van der Waals surface area (Å²) >= 11 is 0. The van der Waals surface area contributed by atoms with E-state index in [4.69, 9.17) is 9.47 Å². The van der Waals surface area contributed by atoms with Crippen molar-refractivity contribution in [2.24, 2.45) is 0 Å². The monoisotopic (exact) mass is 289 g/mol. The van der Waals surface area contributed by atoms with Crippen molar-refractivity contribution in [2.75, 3.05) is 14.2 Å². The first kappa shape index (κ1) is 15.0. The highest BCUT2D eigenvalue weighted by molar-refractivity contribution is 6.02. The van der Waals surface area contributed by atoms with Crippen LogP contribution in [0.15, 0.2) is 24.5 Å². The second-order valence-electron chi connectivity index (χ2n) is 4.54. The highest BCUT2D eigenvalue weighted by Crippen LogP contribution is 2.29. The highest BCUT2D eigenvalue weighted by Gasteiger charge is 2.20. The van der Waals surface area contributed by atoms with Gasteiger partial charge in [0.2, 0.25) is 0 Å². The minimum Gasteiger partial charge on any atom is -0.496 e. The molecule has 0 fully saturated rings. The van der Waals surface area contributed by atoms with Gasteiger partial charge in [0.05, 0.1) is 20.6 Å². The van der Waals surface area contributed by atoms with Gasteiger partial charge in [-0.05, 0) is 18.6 Å². The first-order chi connectivity index (χ1) is 10.2. The van der Waals surface area contributed by atoms with Gasteiger partial charge in [-0.15, -0.1) is 0 Å². The predicted octanol–water partition coefficient (Wildman–Crippen LogP) is 2.13. The summed E-state index contributed by atoms with van der Waals surface area (Å²) in [7, 11) is 3.07. The number of carbonyl (C=O) groups is 1. The number of aryl methyl sites for hydroxylation is 1. The summed E-state index contributed by atoms with van der Waals surface area (Å²) in [5, 5.41) is 4.13. The average molecular weight is 289 g/mol. The van der Waals surface area contributed by atoms with E-state index in [0.29, 0.717) is 22.9 Å². The average Bonchev–Trinajstić information content (AvgIpc) is 2.93. The Labute approximate surface area is 123 Å². The fraction of sp³-hybridized carbons (Fsp3) is 0.400. The van der Waals surface area contributed by atoms with Gasteiger partial charge in [0.25, 0.3) is 0 Å². The lowest BCUT2D eigenvalue weighted by Gasteiger charge is -2.12. The third-order valence-electron chi connectivity index (χ3n) is 3.16. The molecule has 112 valence electrons. The Bertz CT molecular complexity index is 600. The van der Waals surface area contributed by atoms with Gasteiger partial charge in [0.1, 0.15) is 29.2 Å². The minimum atomic E-state index is -0.102. The van der Waals surface area contributed by atoms with Crippen LogP contribution in [-0.2, 0) is 13.0 Å². The number of hydrogen-bond acceptors (Lipinski definition) is 5. The van der Waals surface area contributed by atoms with Gasteiger partial charge in [-0.3, -0.25) is 4.79 Å². The van der Waals surface area contributed by atoms with E-state index in [1.54, 1.807) is 22.9 Å². The van der Waals surface area contributed by atoms with Crippen LogP contribution < -0.4 is 9.47 Å². The van der Waals surface area contributed by atoms with Crippen molar-refractivity contribution in [3.8, 4) is 11.5 Å². The summed E-state index contributed by atoms with van der Waals surface area (Å²) in [6.45, 7) is 2.79. The fourth-order valence-corrected chi connectivity index (χ4v) is 2.18.